The first-order chi connectivity index (χ1) is 8.13. The molecule has 0 fully saturated rings. The van der Waals surface area contributed by atoms with E-state index in [9.17, 15) is 0 Å². The zero-order chi connectivity index (χ0) is 12.7. The Labute approximate surface area is 109 Å². The average Bonchev–Trinajstić information content (AvgIpc) is 2.32. The quantitative estimate of drug-likeness (QED) is 0.562. The van der Waals surface area contributed by atoms with E-state index in [1.54, 1.807) is 6.08 Å². The molecule has 0 saturated heterocycles. The number of benzene rings is 1. The molecule has 0 radical (unpaired) electrons. The van der Waals surface area contributed by atoms with E-state index in [4.69, 9.17) is 0 Å². The molecule has 17 heavy (non-hydrogen) atoms. The van der Waals surface area contributed by atoms with Crippen LogP contribution in [0.15, 0.2) is 72.2 Å². The second kappa shape index (κ2) is 6.97. The molecular formula is C16H18S. The third-order valence-corrected chi connectivity index (χ3v) is 2.77. The molecule has 0 amide bonds. The third kappa shape index (κ3) is 4.92. The van der Waals surface area contributed by atoms with Gasteiger partial charge in [-0.2, -0.15) is 0 Å². The lowest BCUT2D eigenvalue weighted by Gasteiger charge is -2.02. The van der Waals surface area contributed by atoms with Crippen molar-refractivity contribution in [2.45, 2.75) is 18.2 Å². The van der Waals surface area contributed by atoms with Gasteiger partial charge in [0.25, 0.3) is 0 Å². The van der Waals surface area contributed by atoms with Crippen LogP contribution in [0.1, 0.15) is 11.1 Å². The van der Waals surface area contributed by atoms with Crippen LogP contribution in [0, 0.1) is 6.92 Å². The summed E-state index contributed by atoms with van der Waals surface area (Å²) in [6.07, 6.45) is 10.7. The second-order valence-corrected chi connectivity index (χ2v) is 4.40. The molecule has 0 nitrogen and oxygen atoms in total. The van der Waals surface area contributed by atoms with E-state index in [2.05, 4.69) is 50.9 Å². The maximum Gasteiger partial charge on any atom is 0.00430 e. The molecule has 1 aromatic rings. The fraction of sp³-hybridized carbons (Fsp3) is 0.125. The topological polar surface area (TPSA) is 0 Å². The van der Waals surface area contributed by atoms with Crippen LogP contribution in [0.3, 0.4) is 0 Å². The highest BCUT2D eigenvalue weighted by Crippen LogP contribution is 2.14. The van der Waals surface area contributed by atoms with E-state index in [-0.39, 0.29) is 0 Å². The Kier molecular flexibility index (Phi) is 5.58. The molecule has 0 bridgehead atoms. The lowest BCUT2D eigenvalue weighted by molar-refractivity contribution is 1.18. The van der Waals surface area contributed by atoms with Crippen LogP contribution >= 0.6 is 12.6 Å². The molecule has 88 valence electrons. The Hall–Kier alpha value is -1.47. The maximum atomic E-state index is 4.34. The minimum atomic E-state index is 0.920. The molecule has 0 unspecified atom stereocenters. The first kappa shape index (κ1) is 13.6. The summed E-state index contributed by atoms with van der Waals surface area (Å²) in [7, 11) is 0. The lowest BCUT2D eigenvalue weighted by Crippen LogP contribution is -1.86. The fourth-order valence-electron chi connectivity index (χ4n) is 1.40. The summed E-state index contributed by atoms with van der Waals surface area (Å²) < 4.78 is 0. The summed E-state index contributed by atoms with van der Waals surface area (Å²) in [6, 6.07) is 6.22. The van der Waals surface area contributed by atoms with Crippen LogP contribution in [0.2, 0.25) is 0 Å². The van der Waals surface area contributed by atoms with Gasteiger partial charge in [0, 0.05) is 4.90 Å². The Morgan fingerprint density at radius 2 is 2.12 bits per heavy atom. The Morgan fingerprint density at radius 1 is 1.35 bits per heavy atom. The van der Waals surface area contributed by atoms with Crippen LogP contribution in [-0.4, -0.2) is 0 Å². The lowest BCUT2D eigenvalue weighted by atomic mass is 10.1. The molecule has 0 saturated carbocycles. The van der Waals surface area contributed by atoms with Gasteiger partial charge in [-0.15, -0.1) is 12.6 Å². The molecule has 0 aromatic heterocycles. The largest absolute Gasteiger partial charge is 0.143 e. The van der Waals surface area contributed by atoms with Gasteiger partial charge in [-0.1, -0.05) is 49.6 Å². The van der Waals surface area contributed by atoms with Crippen molar-refractivity contribution in [3.05, 3.63) is 78.4 Å². The molecule has 1 aromatic carbocycles. The molecular weight excluding hydrogens is 224 g/mol. The normalized spacial score (nSPS) is 11.2. The van der Waals surface area contributed by atoms with E-state index < -0.39 is 0 Å². The highest BCUT2D eigenvalue weighted by Gasteiger charge is 1.95. The molecule has 0 aliphatic heterocycles. The summed E-state index contributed by atoms with van der Waals surface area (Å²) in [5.74, 6) is 0. The Balaban J connectivity index is 2.58. The number of rotatable bonds is 5. The third-order valence-electron chi connectivity index (χ3n) is 2.49. The van der Waals surface area contributed by atoms with Crippen molar-refractivity contribution in [2.24, 2.45) is 0 Å². The first-order valence-electron chi connectivity index (χ1n) is 5.56. The fourth-order valence-corrected chi connectivity index (χ4v) is 1.63. The van der Waals surface area contributed by atoms with Gasteiger partial charge in [0.05, 0.1) is 0 Å². The molecule has 1 heteroatoms. The van der Waals surface area contributed by atoms with Gasteiger partial charge in [-0.25, -0.2) is 0 Å². The van der Waals surface area contributed by atoms with Crippen molar-refractivity contribution in [2.75, 3.05) is 0 Å². The zero-order valence-electron chi connectivity index (χ0n) is 10.2. The maximum absolute atomic E-state index is 4.34. The van der Waals surface area contributed by atoms with E-state index in [1.165, 1.54) is 11.1 Å². The van der Waals surface area contributed by atoms with E-state index in [0.717, 1.165) is 16.9 Å². The summed E-state index contributed by atoms with van der Waals surface area (Å²) in [6.45, 7) is 9.57. The van der Waals surface area contributed by atoms with Gasteiger partial charge < -0.3 is 0 Å². The van der Waals surface area contributed by atoms with Crippen molar-refractivity contribution in [3.8, 4) is 0 Å². The SMILES string of the molecule is C=CC(=C)/C=C\C=C/Cc1cc(S)ccc1C. The number of aryl methyl sites for hydroxylation is 1. The van der Waals surface area contributed by atoms with Crippen LogP contribution in [0.5, 0.6) is 0 Å². The highest BCUT2D eigenvalue weighted by atomic mass is 32.1. The van der Waals surface area contributed by atoms with Gasteiger partial charge in [0.15, 0.2) is 0 Å². The number of thiol groups is 1. The van der Waals surface area contributed by atoms with Crippen LogP contribution in [-0.2, 0) is 6.42 Å². The van der Waals surface area contributed by atoms with E-state index in [1.807, 2.05) is 24.3 Å². The van der Waals surface area contributed by atoms with Crippen LogP contribution < -0.4 is 0 Å². The summed E-state index contributed by atoms with van der Waals surface area (Å²) in [4.78, 5) is 1.01. The monoisotopic (exact) mass is 242 g/mol. The number of hydrogen-bond acceptors (Lipinski definition) is 1. The van der Waals surface area contributed by atoms with Crippen molar-refractivity contribution < 1.29 is 0 Å². The van der Waals surface area contributed by atoms with Crippen molar-refractivity contribution in [1.82, 2.24) is 0 Å². The van der Waals surface area contributed by atoms with E-state index >= 15 is 0 Å². The smallest absolute Gasteiger partial charge is 0.00430 e. The standard InChI is InChI=1S/C16H18S/c1-4-13(2)8-6-5-7-9-15-12-16(17)11-10-14(15)3/h4-8,10-12,17H,1-2,9H2,3H3/b7-5-,8-6-. The van der Waals surface area contributed by atoms with Crippen LogP contribution in [0.25, 0.3) is 0 Å². The molecule has 0 N–H and O–H groups in total. The summed E-state index contributed by atoms with van der Waals surface area (Å²) in [5.41, 5.74) is 3.53. The molecule has 0 aliphatic carbocycles. The van der Waals surface area contributed by atoms with Crippen LogP contribution in [0.4, 0.5) is 0 Å². The van der Waals surface area contributed by atoms with Gasteiger partial charge >= 0.3 is 0 Å². The highest BCUT2D eigenvalue weighted by molar-refractivity contribution is 7.80. The van der Waals surface area contributed by atoms with Crippen molar-refractivity contribution >= 4 is 12.6 Å². The minimum Gasteiger partial charge on any atom is -0.143 e. The molecule has 0 aliphatic rings. The minimum absolute atomic E-state index is 0.920. The van der Waals surface area contributed by atoms with Crippen molar-refractivity contribution in [1.29, 1.82) is 0 Å². The van der Waals surface area contributed by atoms with Gasteiger partial charge in [-0.3, -0.25) is 0 Å². The molecule has 0 heterocycles. The Morgan fingerprint density at radius 3 is 2.82 bits per heavy atom. The van der Waals surface area contributed by atoms with Gasteiger partial charge in [0.2, 0.25) is 0 Å². The first-order valence-corrected chi connectivity index (χ1v) is 6.01. The predicted molar refractivity (Wildman–Crippen MR) is 79.8 cm³/mol. The number of allylic oxidation sites excluding steroid dienone is 6. The van der Waals surface area contributed by atoms with Gasteiger partial charge in [-0.05, 0) is 42.2 Å². The predicted octanol–water partition coefficient (Wildman–Crippen LogP) is 4.68. The van der Waals surface area contributed by atoms with Gasteiger partial charge in [0.1, 0.15) is 0 Å². The number of hydrogen-bond donors (Lipinski definition) is 1. The summed E-state index contributed by atoms with van der Waals surface area (Å²) in [5, 5.41) is 0. The Bertz CT molecular complexity index is 464. The molecule has 1 rings (SSSR count). The molecule has 0 atom stereocenters. The second-order valence-electron chi connectivity index (χ2n) is 3.88. The molecule has 0 spiro atoms. The average molecular weight is 242 g/mol. The van der Waals surface area contributed by atoms with E-state index in [0.29, 0.717) is 0 Å². The zero-order valence-corrected chi connectivity index (χ0v) is 11.1. The van der Waals surface area contributed by atoms with Crippen molar-refractivity contribution in [3.63, 3.8) is 0 Å². The summed E-state index contributed by atoms with van der Waals surface area (Å²) >= 11 is 4.34.